The van der Waals surface area contributed by atoms with Gasteiger partial charge in [-0.3, -0.25) is 0 Å². The summed E-state index contributed by atoms with van der Waals surface area (Å²) in [6.07, 6.45) is 3.38. The van der Waals surface area contributed by atoms with E-state index in [4.69, 9.17) is 5.73 Å². The molecule has 0 amide bonds. The van der Waals surface area contributed by atoms with Crippen molar-refractivity contribution >= 4 is 5.69 Å². The Balaban J connectivity index is 2.28. The van der Waals surface area contributed by atoms with Crippen LogP contribution >= 0.6 is 0 Å². The van der Waals surface area contributed by atoms with E-state index in [-0.39, 0.29) is 11.9 Å². The number of nitrogens with zero attached hydrogens (tertiary/aromatic N) is 1. The Kier molecular flexibility index (Phi) is 4.46. The Morgan fingerprint density at radius 1 is 1.32 bits per heavy atom. The average molecular weight is 264 g/mol. The monoisotopic (exact) mass is 264 g/mol. The summed E-state index contributed by atoms with van der Waals surface area (Å²) in [5.74, 6) is 0.644. The van der Waals surface area contributed by atoms with Crippen LogP contribution in [-0.2, 0) is 6.42 Å². The first-order chi connectivity index (χ1) is 8.97. The average Bonchev–Trinajstić information content (AvgIpc) is 3.09. The van der Waals surface area contributed by atoms with Crippen LogP contribution in [0, 0.1) is 11.7 Å². The van der Waals surface area contributed by atoms with Crippen molar-refractivity contribution in [1.82, 2.24) is 0 Å². The summed E-state index contributed by atoms with van der Waals surface area (Å²) in [6, 6.07) is 5.59. The molecule has 0 saturated heterocycles. The SMILES string of the molecule is CC(N)Cc1cc(F)ccc1N(CC1CC1)C(C)C. The lowest BCUT2D eigenvalue weighted by Crippen LogP contribution is -2.34. The first kappa shape index (κ1) is 14.3. The minimum absolute atomic E-state index is 0.0514. The van der Waals surface area contributed by atoms with Gasteiger partial charge >= 0.3 is 0 Å². The third-order valence-corrected chi connectivity index (χ3v) is 3.67. The maximum atomic E-state index is 13.5. The van der Waals surface area contributed by atoms with E-state index in [1.54, 1.807) is 12.1 Å². The summed E-state index contributed by atoms with van der Waals surface area (Å²) in [5.41, 5.74) is 8.08. The lowest BCUT2D eigenvalue weighted by atomic mass is 10.0. The number of halogens is 1. The Hall–Kier alpha value is -1.09. The summed E-state index contributed by atoms with van der Waals surface area (Å²) < 4.78 is 13.5. The molecule has 1 atom stereocenters. The fourth-order valence-electron chi connectivity index (χ4n) is 2.51. The van der Waals surface area contributed by atoms with Crippen LogP contribution in [-0.4, -0.2) is 18.6 Å². The molecular weight excluding hydrogens is 239 g/mol. The summed E-state index contributed by atoms with van der Waals surface area (Å²) in [7, 11) is 0. The molecule has 106 valence electrons. The predicted molar refractivity (Wildman–Crippen MR) is 79.0 cm³/mol. The van der Waals surface area contributed by atoms with E-state index in [0.717, 1.165) is 30.1 Å². The van der Waals surface area contributed by atoms with Gasteiger partial charge in [0.05, 0.1) is 0 Å². The standard InChI is InChI=1S/C16H25FN2/c1-11(2)19(10-13-4-5-13)16-7-6-15(17)9-14(16)8-12(3)18/h6-7,9,11-13H,4-5,8,10,18H2,1-3H3. The van der Waals surface area contributed by atoms with Crippen molar-refractivity contribution < 1.29 is 4.39 Å². The van der Waals surface area contributed by atoms with Crippen LogP contribution < -0.4 is 10.6 Å². The summed E-state index contributed by atoms with van der Waals surface area (Å²) in [6.45, 7) is 7.44. The molecule has 2 rings (SSSR count). The number of rotatable bonds is 6. The lowest BCUT2D eigenvalue weighted by Gasteiger charge is -2.31. The maximum absolute atomic E-state index is 13.5. The molecule has 0 radical (unpaired) electrons. The van der Waals surface area contributed by atoms with E-state index in [1.165, 1.54) is 12.8 Å². The van der Waals surface area contributed by atoms with Crippen molar-refractivity contribution in [2.24, 2.45) is 11.7 Å². The van der Waals surface area contributed by atoms with Crippen molar-refractivity contribution in [3.8, 4) is 0 Å². The van der Waals surface area contributed by atoms with Crippen LogP contribution in [0.5, 0.6) is 0 Å². The molecule has 19 heavy (non-hydrogen) atoms. The minimum atomic E-state index is -0.172. The second-order valence-corrected chi connectivity index (χ2v) is 6.14. The van der Waals surface area contributed by atoms with E-state index in [0.29, 0.717) is 6.04 Å². The van der Waals surface area contributed by atoms with Crippen molar-refractivity contribution in [3.63, 3.8) is 0 Å². The lowest BCUT2D eigenvalue weighted by molar-refractivity contribution is 0.613. The van der Waals surface area contributed by atoms with Crippen LogP contribution in [0.3, 0.4) is 0 Å². The summed E-state index contributed by atoms with van der Waals surface area (Å²) in [5, 5.41) is 0. The topological polar surface area (TPSA) is 29.3 Å². The van der Waals surface area contributed by atoms with Gasteiger partial charge in [-0.05, 0) is 69.7 Å². The third kappa shape index (κ3) is 3.93. The predicted octanol–water partition coefficient (Wildman–Crippen LogP) is 3.34. The fourth-order valence-corrected chi connectivity index (χ4v) is 2.51. The number of hydrogen-bond donors (Lipinski definition) is 1. The quantitative estimate of drug-likeness (QED) is 0.854. The smallest absolute Gasteiger partial charge is 0.123 e. The van der Waals surface area contributed by atoms with Gasteiger partial charge in [0.25, 0.3) is 0 Å². The highest BCUT2D eigenvalue weighted by atomic mass is 19.1. The summed E-state index contributed by atoms with van der Waals surface area (Å²) >= 11 is 0. The molecule has 0 aromatic heterocycles. The number of anilines is 1. The Morgan fingerprint density at radius 3 is 2.53 bits per heavy atom. The molecule has 1 aliphatic rings. The Morgan fingerprint density at radius 2 is 2.00 bits per heavy atom. The second-order valence-electron chi connectivity index (χ2n) is 6.14. The zero-order chi connectivity index (χ0) is 14.0. The zero-order valence-electron chi connectivity index (χ0n) is 12.2. The fraction of sp³-hybridized carbons (Fsp3) is 0.625. The molecule has 0 heterocycles. The summed E-state index contributed by atoms with van der Waals surface area (Å²) in [4.78, 5) is 2.40. The van der Waals surface area contributed by atoms with Crippen molar-refractivity contribution in [2.45, 2.75) is 52.1 Å². The third-order valence-electron chi connectivity index (χ3n) is 3.67. The van der Waals surface area contributed by atoms with E-state index in [1.807, 2.05) is 13.0 Å². The Bertz CT molecular complexity index is 425. The molecule has 0 spiro atoms. The zero-order valence-corrected chi connectivity index (χ0v) is 12.2. The van der Waals surface area contributed by atoms with Crippen molar-refractivity contribution in [2.75, 3.05) is 11.4 Å². The van der Waals surface area contributed by atoms with E-state index < -0.39 is 0 Å². The molecule has 1 fully saturated rings. The molecule has 2 nitrogen and oxygen atoms in total. The number of benzene rings is 1. The minimum Gasteiger partial charge on any atom is -0.369 e. The molecule has 1 aliphatic carbocycles. The molecule has 0 aliphatic heterocycles. The molecular formula is C16H25FN2. The largest absolute Gasteiger partial charge is 0.369 e. The molecule has 2 N–H and O–H groups in total. The van der Waals surface area contributed by atoms with E-state index in [9.17, 15) is 4.39 Å². The van der Waals surface area contributed by atoms with Crippen molar-refractivity contribution in [1.29, 1.82) is 0 Å². The van der Waals surface area contributed by atoms with Crippen molar-refractivity contribution in [3.05, 3.63) is 29.6 Å². The van der Waals surface area contributed by atoms with Gasteiger partial charge in [0, 0.05) is 24.3 Å². The highest BCUT2D eigenvalue weighted by molar-refractivity contribution is 5.55. The van der Waals surface area contributed by atoms with Crippen LogP contribution in [0.25, 0.3) is 0 Å². The van der Waals surface area contributed by atoms with Gasteiger partial charge in [-0.15, -0.1) is 0 Å². The van der Waals surface area contributed by atoms with Gasteiger partial charge in [-0.1, -0.05) is 0 Å². The highest BCUT2D eigenvalue weighted by Crippen LogP contribution is 2.34. The molecule has 1 saturated carbocycles. The van der Waals surface area contributed by atoms with Gasteiger partial charge in [0.15, 0.2) is 0 Å². The van der Waals surface area contributed by atoms with Gasteiger partial charge in [-0.2, -0.15) is 0 Å². The van der Waals surface area contributed by atoms with Crippen LogP contribution in [0.2, 0.25) is 0 Å². The molecule has 1 aromatic carbocycles. The first-order valence-electron chi connectivity index (χ1n) is 7.28. The Labute approximate surface area is 115 Å². The molecule has 3 heteroatoms. The number of nitrogens with two attached hydrogens (primary N) is 1. The second kappa shape index (κ2) is 5.91. The van der Waals surface area contributed by atoms with Gasteiger partial charge in [0.1, 0.15) is 5.82 Å². The highest BCUT2D eigenvalue weighted by Gasteiger charge is 2.26. The van der Waals surface area contributed by atoms with E-state index >= 15 is 0 Å². The van der Waals surface area contributed by atoms with Crippen LogP contribution in [0.4, 0.5) is 10.1 Å². The molecule has 1 aromatic rings. The molecule has 1 unspecified atom stereocenters. The number of hydrogen-bond acceptors (Lipinski definition) is 2. The van der Waals surface area contributed by atoms with Gasteiger partial charge < -0.3 is 10.6 Å². The van der Waals surface area contributed by atoms with Crippen LogP contribution in [0.15, 0.2) is 18.2 Å². The molecule has 0 bridgehead atoms. The van der Waals surface area contributed by atoms with Crippen LogP contribution in [0.1, 0.15) is 39.2 Å². The van der Waals surface area contributed by atoms with Gasteiger partial charge in [-0.25, -0.2) is 4.39 Å². The first-order valence-corrected chi connectivity index (χ1v) is 7.28. The van der Waals surface area contributed by atoms with Gasteiger partial charge in [0.2, 0.25) is 0 Å². The maximum Gasteiger partial charge on any atom is 0.123 e. The normalized spacial score (nSPS) is 16.7. The van der Waals surface area contributed by atoms with E-state index in [2.05, 4.69) is 18.7 Å².